The Bertz CT molecular complexity index is 1050. The van der Waals surface area contributed by atoms with Crippen LogP contribution in [0.4, 0.5) is 11.4 Å². The molecule has 0 saturated heterocycles. The van der Waals surface area contributed by atoms with Crippen LogP contribution in [0.15, 0.2) is 72.8 Å². The fraction of sp³-hybridized carbons (Fsp3) is 0.231. The predicted octanol–water partition coefficient (Wildman–Crippen LogP) is 5.48. The normalized spacial score (nSPS) is 11.3. The van der Waals surface area contributed by atoms with Crippen LogP contribution in [0.3, 0.4) is 0 Å². The maximum atomic E-state index is 13.1. The molecule has 32 heavy (non-hydrogen) atoms. The van der Waals surface area contributed by atoms with Gasteiger partial charge in [-0.1, -0.05) is 61.9 Å². The fourth-order valence-corrected chi connectivity index (χ4v) is 3.52. The van der Waals surface area contributed by atoms with E-state index in [4.69, 9.17) is 9.47 Å². The summed E-state index contributed by atoms with van der Waals surface area (Å²) in [6.45, 7) is 2.05. The summed E-state index contributed by atoms with van der Waals surface area (Å²) in [6.07, 6.45) is 1.60. The summed E-state index contributed by atoms with van der Waals surface area (Å²) in [6, 6.07) is 21.9. The summed E-state index contributed by atoms with van der Waals surface area (Å²) in [5.41, 5.74) is 2.41. The van der Waals surface area contributed by atoms with Gasteiger partial charge in [-0.05, 0) is 24.1 Å². The molecular formula is C26H28N2O4. The Labute approximate surface area is 188 Å². The Morgan fingerprint density at radius 2 is 1.34 bits per heavy atom. The number of amides is 2. The van der Waals surface area contributed by atoms with E-state index in [1.807, 2.05) is 36.4 Å². The van der Waals surface area contributed by atoms with Crippen LogP contribution >= 0.6 is 0 Å². The lowest BCUT2D eigenvalue weighted by atomic mass is 9.93. The van der Waals surface area contributed by atoms with Crippen LogP contribution < -0.4 is 20.1 Å². The molecule has 6 nitrogen and oxygen atoms in total. The largest absolute Gasteiger partial charge is 0.494 e. The van der Waals surface area contributed by atoms with E-state index < -0.39 is 0 Å². The minimum Gasteiger partial charge on any atom is -0.494 e. The molecular weight excluding hydrogens is 404 g/mol. The van der Waals surface area contributed by atoms with Gasteiger partial charge < -0.3 is 20.1 Å². The molecule has 0 spiro atoms. The number of benzene rings is 3. The summed E-state index contributed by atoms with van der Waals surface area (Å²) >= 11 is 0. The molecule has 3 aromatic carbocycles. The summed E-state index contributed by atoms with van der Waals surface area (Å²) in [5, 5.41) is 5.82. The lowest BCUT2D eigenvalue weighted by molar-refractivity contribution is -0.117. The highest BCUT2D eigenvalue weighted by atomic mass is 16.5. The zero-order valence-electron chi connectivity index (χ0n) is 18.6. The Balaban J connectivity index is 1.86. The van der Waals surface area contributed by atoms with Crippen LogP contribution in [-0.2, 0) is 4.79 Å². The summed E-state index contributed by atoms with van der Waals surface area (Å²) in [4.78, 5) is 25.7. The van der Waals surface area contributed by atoms with Gasteiger partial charge in [0.1, 0.15) is 11.5 Å². The first-order valence-electron chi connectivity index (χ1n) is 10.6. The SMILES string of the molecule is CCCC(C(=O)Nc1cc(OC)c(NC(=O)c2ccccc2)cc1OC)c1ccccc1. The van der Waals surface area contributed by atoms with Crippen molar-refractivity contribution in [3.63, 3.8) is 0 Å². The van der Waals surface area contributed by atoms with E-state index in [0.29, 0.717) is 28.4 Å². The standard InChI is InChI=1S/C26H28N2O4/c1-4-11-20(18-12-7-5-8-13-18)26(30)28-22-17-23(31-2)21(16-24(22)32-3)27-25(29)19-14-9-6-10-15-19/h5-10,12-17,20H,4,11H2,1-3H3,(H,27,29)(H,28,30). The molecule has 1 atom stereocenters. The third-order valence-electron chi connectivity index (χ3n) is 5.16. The predicted molar refractivity (Wildman–Crippen MR) is 127 cm³/mol. The molecule has 2 N–H and O–H groups in total. The first-order chi connectivity index (χ1) is 15.6. The molecule has 0 aliphatic carbocycles. The van der Waals surface area contributed by atoms with Crippen molar-refractivity contribution in [2.24, 2.45) is 0 Å². The second-order valence-corrected chi connectivity index (χ2v) is 7.31. The highest BCUT2D eigenvalue weighted by Crippen LogP contribution is 2.37. The number of rotatable bonds is 9. The van der Waals surface area contributed by atoms with Crippen molar-refractivity contribution in [1.82, 2.24) is 0 Å². The minimum atomic E-state index is -0.283. The molecule has 3 aromatic rings. The minimum absolute atomic E-state index is 0.125. The zero-order valence-corrected chi connectivity index (χ0v) is 18.6. The number of hydrogen-bond acceptors (Lipinski definition) is 4. The second kappa shape index (κ2) is 11.0. The van der Waals surface area contributed by atoms with Crippen molar-refractivity contribution >= 4 is 23.2 Å². The van der Waals surface area contributed by atoms with E-state index >= 15 is 0 Å². The van der Waals surface area contributed by atoms with E-state index in [1.54, 1.807) is 36.4 Å². The van der Waals surface area contributed by atoms with Gasteiger partial charge in [0.25, 0.3) is 5.91 Å². The highest BCUT2D eigenvalue weighted by Gasteiger charge is 2.22. The van der Waals surface area contributed by atoms with E-state index in [0.717, 1.165) is 18.4 Å². The maximum absolute atomic E-state index is 13.1. The quantitative estimate of drug-likeness (QED) is 0.469. The Morgan fingerprint density at radius 3 is 1.88 bits per heavy atom. The van der Waals surface area contributed by atoms with Gasteiger partial charge in [-0.2, -0.15) is 0 Å². The smallest absolute Gasteiger partial charge is 0.255 e. The van der Waals surface area contributed by atoms with Crippen LogP contribution in [0, 0.1) is 0 Å². The fourth-order valence-electron chi connectivity index (χ4n) is 3.52. The number of carbonyl (C=O) groups excluding carboxylic acids is 2. The second-order valence-electron chi connectivity index (χ2n) is 7.31. The van der Waals surface area contributed by atoms with Gasteiger partial charge in [-0.3, -0.25) is 9.59 Å². The number of anilines is 2. The Morgan fingerprint density at radius 1 is 0.812 bits per heavy atom. The van der Waals surface area contributed by atoms with Crippen LogP contribution in [0.1, 0.15) is 41.6 Å². The van der Waals surface area contributed by atoms with Crippen molar-refractivity contribution in [3.05, 3.63) is 83.9 Å². The molecule has 0 aromatic heterocycles. The van der Waals surface area contributed by atoms with Gasteiger partial charge in [0.15, 0.2) is 0 Å². The van der Waals surface area contributed by atoms with E-state index in [2.05, 4.69) is 17.6 Å². The van der Waals surface area contributed by atoms with Gasteiger partial charge in [0, 0.05) is 17.7 Å². The molecule has 0 fully saturated rings. The lowest BCUT2D eigenvalue weighted by Crippen LogP contribution is -2.21. The van der Waals surface area contributed by atoms with Crippen molar-refractivity contribution in [3.8, 4) is 11.5 Å². The van der Waals surface area contributed by atoms with Gasteiger partial charge in [0.2, 0.25) is 5.91 Å². The summed E-state index contributed by atoms with van der Waals surface area (Å²) in [7, 11) is 3.02. The van der Waals surface area contributed by atoms with Crippen LogP contribution in [0.25, 0.3) is 0 Å². The molecule has 0 aliphatic rings. The van der Waals surface area contributed by atoms with Crippen LogP contribution in [0.2, 0.25) is 0 Å². The van der Waals surface area contributed by atoms with Gasteiger partial charge in [-0.25, -0.2) is 0 Å². The molecule has 0 heterocycles. The average Bonchev–Trinajstić information content (AvgIpc) is 2.84. The number of nitrogens with one attached hydrogen (secondary N) is 2. The first kappa shape index (κ1) is 22.9. The molecule has 6 heteroatoms. The molecule has 0 bridgehead atoms. The number of carbonyl (C=O) groups is 2. The van der Waals surface area contributed by atoms with E-state index in [9.17, 15) is 9.59 Å². The van der Waals surface area contributed by atoms with Gasteiger partial charge in [0.05, 0.1) is 31.5 Å². The third-order valence-corrected chi connectivity index (χ3v) is 5.16. The zero-order chi connectivity index (χ0) is 22.9. The highest BCUT2D eigenvalue weighted by molar-refractivity contribution is 6.06. The number of ether oxygens (including phenoxy) is 2. The lowest BCUT2D eigenvalue weighted by Gasteiger charge is -2.20. The van der Waals surface area contributed by atoms with Crippen molar-refractivity contribution in [2.75, 3.05) is 24.9 Å². The van der Waals surface area contributed by atoms with Crippen molar-refractivity contribution in [1.29, 1.82) is 0 Å². The first-order valence-corrected chi connectivity index (χ1v) is 10.6. The molecule has 0 saturated carbocycles. The number of hydrogen-bond donors (Lipinski definition) is 2. The van der Waals surface area contributed by atoms with Crippen LogP contribution in [0.5, 0.6) is 11.5 Å². The van der Waals surface area contributed by atoms with Crippen LogP contribution in [-0.4, -0.2) is 26.0 Å². The maximum Gasteiger partial charge on any atom is 0.255 e. The molecule has 166 valence electrons. The van der Waals surface area contributed by atoms with Crippen molar-refractivity contribution < 1.29 is 19.1 Å². The summed E-state index contributed by atoms with van der Waals surface area (Å²) < 4.78 is 11.0. The van der Waals surface area contributed by atoms with Gasteiger partial charge in [-0.15, -0.1) is 0 Å². The van der Waals surface area contributed by atoms with E-state index in [1.165, 1.54) is 14.2 Å². The molecule has 0 radical (unpaired) electrons. The number of methoxy groups -OCH3 is 2. The molecule has 0 aliphatic heterocycles. The van der Waals surface area contributed by atoms with E-state index in [-0.39, 0.29) is 17.7 Å². The topological polar surface area (TPSA) is 76.7 Å². The molecule has 2 amide bonds. The van der Waals surface area contributed by atoms with Crippen molar-refractivity contribution in [2.45, 2.75) is 25.7 Å². The summed E-state index contributed by atoms with van der Waals surface area (Å²) in [5.74, 6) is 0.159. The van der Waals surface area contributed by atoms with Gasteiger partial charge >= 0.3 is 0 Å². The molecule has 1 unspecified atom stereocenters. The average molecular weight is 433 g/mol. The third kappa shape index (κ3) is 5.46. The Kier molecular flexibility index (Phi) is 7.86. The molecule has 3 rings (SSSR count). The monoisotopic (exact) mass is 432 g/mol. The Hall–Kier alpha value is -3.80.